The minimum Gasteiger partial charge on any atom is -0.477 e. The minimum atomic E-state index is -5.03. The Balaban J connectivity index is 1.77. The van der Waals surface area contributed by atoms with Crippen molar-refractivity contribution in [3.05, 3.63) is 39.4 Å². The van der Waals surface area contributed by atoms with Gasteiger partial charge in [0.1, 0.15) is 22.5 Å². The highest BCUT2D eigenvalue weighted by molar-refractivity contribution is 5.95. The van der Waals surface area contributed by atoms with Gasteiger partial charge in [0, 0.05) is 31.4 Å². The summed E-state index contributed by atoms with van der Waals surface area (Å²) in [7, 11) is 0. The molecule has 1 saturated heterocycles. The van der Waals surface area contributed by atoms with Gasteiger partial charge in [-0.25, -0.2) is 14.0 Å². The molecule has 2 aliphatic rings. The second kappa shape index (κ2) is 9.21. The molecule has 1 aliphatic heterocycles. The zero-order valence-electron chi connectivity index (χ0n) is 20.9. The monoisotopic (exact) mass is 527 g/mol. The molecule has 2 aromatic rings. The number of benzene rings is 1. The largest absolute Gasteiger partial charge is 0.477 e. The Labute approximate surface area is 210 Å². The normalized spacial score (nSPS) is 19.2. The summed E-state index contributed by atoms with van der Waals surface area (Å²) in [6, 6.07) is -0.158. The van der Waals surface area contributed by atoms with Gasteiger partial charge in [0.05, 0.1) is 16.6 Å². The number of anilines is 1. The van der Waals surface area contributed by atoms with Crippen LogP contribution in [-0.2, 0) is 10.9 Å². The number of amides is 1. The van der Waals surface area contributed by atoms with Gasteiger partial charge in [0.2, 0.25) is 5.43 Å². The van der Waals surface area contributed by atoms with Gasteiger partial charge in [0.15, 0.2) is 0 Å². The number of carbonyl (C=O) groups is 2. The lowest BCUT2D eigenvalue weighted by molar-refractivity contribution is -0.136. The van der Waals surface area contributed by atoms with Gasteiger partial charge in [-0.2, -0.15) is 13.2 Å². The van der Waals surface area contributed by atoms with Gasteiger partial charge in [-0.15, -0.1) is 0 Å². The van der Waals surface area contributed by atoms with Crippen LogP contribution in [0.5, 0.6) is 0 Å². The summed E-state index contributed by atoms with van der Waals surface area (Å²) in [5.74, 6) is -3.13. The number of halogens is 4. The maximum Gasteiger partial charge on any atom is 0.420 e. The third kappa shape index (κ3) is 5.37. The zero-order valence-corrected chi connectivity index (χ0v) is 20.9. The third-order valence-corrected chi connectivity index (χ3v) is 6.69. The lowest BCUT2D eigenvalue weighted by atomic mass is 10.0. The number of aromatic carboxylic acids is 1. The van der Waals surface area contributed by atoms with E-state index in [1.807, 2.05) is 0 Å². The number of carboxylic acid groups (broad SMARTS) is 1. The molecule has 2 fully saturated rings. The average molecular weight is 528 g/mol. The fraction of sp³-hybridized carbons (Fsp3) is 0.560. The molecule has 202 valence electrons. The van der Waals surface area contributed by atoms with Gasteiger partial charge in [-0.05, 0) is 58.9 Å². The Morgan fingerprint density at radius 2 is 1.84 bits per heavy atom. The summed E-state index contributed by atoms with van der Waals surface area (Å²) >= 11 is 0. The predicted molar refractivity (Wildman–Crippen MR) is 128 cm³/mol. The van der Waals surface area contributed by atoms with Crippen molar-refractivity contribution < 1.29 is 37.0 Å². The van der Waals surface area contributed by atoms with Gasteiger partial charge in [-0.1, -0.05) is 0 Å². The first-order valence-electron chi connectivity index (χ1n) is 12.0. The summed E-state index contributed by atoms with van der Waals surface area (Å²) in [5, 5.41) is 11.5. The standard InChI is InChI=1S/C25H29F4N3O5/c1-12(30-23(36)37-24(2,3)4)13-7-8-31(10-13)20-17(26)9-15-19(18(20)25(27,28)29)32(14-5-6-14)11-16(21(15)33)22(34)35/h9,11-14H,5-8,10H2,1-4H3,(H,30,36)(H,34,35)/t12?,13-/m1/s1. The van der Waals surface area contributed by atoms with Crippen LogP contribution in [0.25, 0.3) is 10.9 Å². The molecule has 1 amide bonds. The fourth-order valence-corrected chi connectivity index (χ4v) is 4.86. The molecular formula is C25H29F4N3O5. The molecule has 2 atom stereocenters. The van der Waals surface area contributed by atoms with E-state index in [-0.39, 0.29) is 19.0 Å². The Bertz CT molecular complexity index is 1310. The first kappa shape index (κ1) is 26.7. The van der Waals surface area contributed by atoms with E-state index in [1.54, 1.807) is 27.7 Å². The van der Waals surface area contributed by atoms with E-state index in [2.05, 4.69) is 5.32 Å². The van der Waals surface area contributed by atoms with Crippen LogP contribution >= 0.6 is 0 Å². The SMILES string of the molecule is CC(NC(=O)OC(C)(C)C)[C@@H]1CCN(c2c(F)cc3c(=O)c(C(=O)O)cn(C4CC4)c3c2C(F)(F)F)C1. The van der Waals surface area contributed by atoms with Crippen molar-refractivity contribution in [3.63, 3.8) is 0 Å². The molecule has 2 heterocycles. The highest BCUT2D eigenvalue weighted by Gasteiger charge is 2.43. The second-order valence-corrected chi connectivity index (χ2v) is 10.7. The summed E-state index contributed by atoms with van der Waals surface area (Å²) in [6.07, 6.45) is -3.34. The van der Waals surface area contributed by atoms with Crippen molar-refractivity contribution in [2.45, 2.75) is 70.8 Å². The smallest absolute Gasteiger partial charge is 0.420 e. The number of rotatable bonds is 5. The predicted octanol–water partition coefficient (Wildman–Crippen LogP) is 4.93. The highest BCUT2D eigenvalue weighted by atomic mass is 19.4. The number of hydrogen-bond donors (Lipinski definition) is 2. The number of pyridine rings is 1. The number of alkyl halides is 3. The van der Waals surface area contributed by atoms with Crippen molar-refractivity contribution in [3.8, 4) is 0 Å². The molecule has 1 unspecified atom stereocenters. The van der Waals surface area contributed by atoms with Crippen molar-refractivity contribution in [2.24, 2.45) is 5.92 Å². The quantitative estimate of drug-likeness (QED) is 0.535. The van der Waals surface area contributed by atoms with Crippen LogP contribution in [0.3, 0.4) is 0 Å². The van der Waals surface area contributed by atoms with Crippen molar-refractivity contribution in [2.75, 3.05) is 18.0 Å². The van der Waals surface area contributed by atoms with Crippen molar-refractivity contribution in [1.82, 2.24) is 9.88 Å². The molecule has 0 spiro atoms. The topological polar surface area (TPSA) is 101 Å². The Morgan fingerprint density at radius 1 is 1.19 bits per heavy atom. The number of fused-ring (bicyclic) bond motifs is 1. The Morgan fingerprint density at radius 3 is 2.38 bits per heavy atom. The average Bonchev–Trinajstić information content (AvgIpc) is 3.47. The van der Waals surface area contributed by atoms with E-state index < -0.39 is 74.9 Å². The molecule has 1 aliphatic carbocycles. The minimum absolute atomic E-state index is 0.0311. The van der Waals surface area contributed by atoms with E-state index in [1.165, 1.54) is 4.90 Å². The van der Waals surface area contributed by atoms with Crippen molar-refractivity contribution >= 4 is 28.7 Å². The van der Waals surface area contributed by atoms with Crippen LogP contribution in [0.4, 0.5) is 28.0 Å². The molecule has 2 N–H and O–H groups in total. The first-order valence-corrected chi connectivity index (χ1v) is 12.0. The number of carbonyl (C=O) groups excluding carboxylic acids is 1. The molecule has 4 rings (SSSR count). The van der Waals surface area contributed by atoms with E-state index in [4.69, 9.17) is 4.74 Å². The molecule has 12 heteroatoms. The van der Waals surface area contributed by atoms with Crippen LogP contribution < -0.4 is 15.6 Å². The molecule has 8 nitrogen and oxygen atoms in total. The number of hydrogen-bond acceptors (Lipinski definition) is 5. The molecule has 0 radical (unpaired) electrons. The molecule has 0 bridgehead atoms. The Kier molecular flexibility index (Phi) is 6.66. The van der Waals surface area contributed by atoms with Gasteiger partial charge in [0.25, 0.3) is 0 Å². The van der Waals surface area contributed by atoms with Crippen LogP contribution in [0.1, 0.15) is 68.9 Å². The second-order valence-electron chi connectivity index (χ2n) is 10.7. The lowest BCUT2D eigenvalue weighted by Crippen LogP contribution is -2.42. The Hall–Kier alpha value is -3.31. The molecule has 1 aromatic carbocycles. The van der Waals surface area contributed by atoms with Gasteiger partial charge < -0.3 is 24.6 Å². The number of ether oxygens (including phenoxy) is 1. The van der Waals surface area contributed by atoms with Gasteiger partial charge >= 0.3 is 18.2 Å². The number of nitrogens with one attached hydrogen (secondary N) is 1. The molecule has 1 saturated carbocycles. The number of aromatic nitrogens is 1. The van der Waals surface area contributed by atoms with Gasteiger partial charge in [-0.3, -0.25) is 4.79 Å². The third-order valence-electron chi connectivity index (χ3n) is 6.69. The lowest BCUT2D eigenvalue weighted by Gasteiger charge is -2.28. The van der Waals surface area contributed by atoms with Crippen LogP contribution in [0, 0.1) is 11.7 Å². The molecular weight excluding hydrogens is 498 g/mol. The molecule has 1 aromatic heterocycles. The maximum absolute atomic E-state index is 15.4. The maximum atomic E-state index is 15.4. The summed E-state index contributed by atoms with van der Waals surface area (Å²) in [5.41, 5.74) is -5.07. The first-order chi connectivity index (χ1) is 17.1. The zero-order chi connectivity index (χ0) is 27.4. The summed E-state index contributed by atoms with van der Waals surface area (Å²) < 4.78 is 65.5. The van der Waals surface area contributed by atoms with E-state index in [0.717, 1.165) is 10.8 Å². The van der Waals surface area contributed by atoms with Crippen molar-refractivity contribution in [1.29, 1.82) is 0 Å². The number of alkyl carbamates (subject to hydrolysis) is 1. The van der Waals surface area contributed by atoms with Crippen LogP contribution in [0.2, 0.25) is 0 Å². The van der Waals surface area contributed by atoms with Crippen LogP contribution in [-0.4, -0.2) is 46.5 Å². The highest BCUT2D eigenvalue weighted by Crippen LogP contribution is 2.47. The summed E-state index contributed by atoms with van der Waals surface area (Å²) in [4.78, 5) is 37.8. The summed E-state index contributed by atoms with van der Waals surface area (Å²) in [6.45, 7) is 6.95. The van der Waals surface area contributed by atoms with Crippen LogP contribution in [0.15, 0.2) is 17.1 Å². The molecule has 37 heavy (non-hydrogen) atoms. The van der Waals surface area contributed by atoms with E-state index >= 15 is 4.39 Å². The fourth-order valence-electron chi connectivity index (χ4n) is 4.86. The van der Waals surface area contributed by atoms with E-state index in [0.29, 0.717) is 25.3 Å². The number of nitrogens with zero attached hydrogens (tertiary/aromatic N) is 2. The van der Waals surface area contributed by atoms with E-state index in [9.17, 15) is 32.7 Å². The number of carboxylic acids is 1.